The first-order valence-electron chi connectivity index (χ1n) is 28.2. The maximum atomic E-state index is 13.2. The molecular formula is C58H109NO5. The molecular weight excluding hydrogens is 791 g/mol. The fourth-order valence-electron chi connectivity index (χ4n) is 8.79. The molecule has 0 aromatic rings. The van der Waals surface area contributed by atoms with E-state index in [0.717, 1.165) is 83.5 Å². The summed E-state index contributed by atoms with van der Waals surface area (Å²) in [7, 11) is 0. The first-order valence-corrected chi connectivity index (χ1v) is 28.2. The lowest BCUT2D eigenvalue weighted by Gasteiger charge is -2.24. The molecule has 0 saturated heterocycles. The molecule has 0 radical (unpaired) electrons. The van der Waals surface area contributed by atoms with Crippen LogP contribution in [0.4, 0.5) is 0 Å². The zero-order valence-electron chi connectivity index (χ0n) is 42.9. The van der Waals surface area contributed by atoms with Crippen LogP contribution in [-0.2, 0) is 14.3 Å². The number of amides is 1. The van der Waals surface area contributed by atoms with Crippen molar-refractivity contribution in [3.8, 4) is 0 Å². The van der Waals surface area contributed by atoms with Crippen molar-refractivity contribution in [3.05, 3.63) is 36.5 Å². The van der Waals surface area contributed by atoms with Gasteiger partial charge in [-0.2, -0.15) is 0 Å². The standard InChI is InChI=1S/C58H109NO5/c1-4-7-10-13-16-19-22-25-26-27-28-29-30-33-36-39-42-45-48-51-58(63)64-54(49-46-43-40-37-34-31-23-20-17-14-11-8-5-2)52-57(62)59-55(53-60)56(61)50-47-44-41-38-35-32-24-21-18-15-12-9-6-3/h8,11,14,17,20,23,54-56,60-61H,4-7,9-10,12-13,15-16,18-19,21-22,24-53H2,1-3H3,(H,59,62)/b11-8+,17-14+,23-20+. The molecule has 3 N–H and O–H groups in total. The third kappa shape index (κ3) is 46.6. The lowest BCUT2D eigenvalue weighted by atomic mass is 10.0. The molecule has 64 heavy (non-hydrogen) atoms. The van der Waals surface area contributed by atoms with Crippen molar-refractivity contribution in [2.24, 2.45) is 0 Å². The fourth-order valence-corrected chi connectivity index (χ4v) is 8.79. The van der Waals surface area contributed by atoms with E-state index < -0.39 is 18.2 Å². The first kappa shape index (κ1) is 62.1. The van der Waals surface area contributed by atoms with E-state index in [1.165, 1.54) is 167 Å². The smallest absolute Gasteiger partial charge is 0.306 e. The monoisotopic (exact) mass is 900 g/mol. The van der Waals surface area contributed by atoms with Gasteiger partial charge in [0, 0.05) is 6.42 Å². The minimum atomic E-state index is -0.791. The third-order valence-corrected chi connectivity index (χ3v) is 13.0. The van der Waals surface area contributed by atoms with E-state index in [1.807, 2.05) is 0 Å². The second-order valence-electron chi connectivity index (χ2n) is 19.4. The van der Waals surface area contributed by atoms with Gasteiger partial charge in [-0.3, -0.25) is 9.59 Å². The Morgan fingerprint density at radius 1 is 0.469 bits per heavy atom. The molecule has 0 spiro atoms. The normalized spacial score (nSPS) is 13.4. The molecule has 6 nitrogen and oxygen atoms in total. The molecule has 3 unspecified atom stereocenters. The molecule has 0 bridgehead atoms. The fraction of sp³-hybridized carbons (Fsp3) is 0.862. The Balaban J connectivity index is 4.49. The molecule has 0 saturated carbocycles. The molecule has 0 rings (SSSR count). The van der Waals surface area contributed by atoms with Gasteiger partial charge in [-0.1, -0.05) is 276 Å². The van der Waals surface area contributed by atoms with Crippen LogP contribution >= 0.6 is 0 Å². The molecule has 3 atom stereocenters. The molecule has 0 aromatic carbocycles. The van der Waals surface area contributed by atoms with Gasteiger partial charge in [-0.15, -0.1) is 0 Å². The lowest BCUT2D eigenvalue weighted by Crippen LogP contribution is -2.46. The molecule has 376 valence electrons. The van der Waals surface area contributed by atoms with Gasteiger partial charge in [0.1, 0.15) is 6.10 Å². The lowest BCUT2D eigenvalue weighted by molar-refractivity contribution is -0.151. The number of aliphatic hydroxyl groups is 2. The summed E-state index contributed by atoms with van der Waals surface area (Å²) in [5.74, 6) is -0.479. The Morgan fingerprint density at radius 2 is 0.844 bits per heavy atom. The van der Waals surface area contributed by atoms with Gasteiger partial charge in [0.15, 0.2) is 0 Å². The van der Waals surface area contributed by atoms with Gasteiger partial charge in [0.05, 0.1) is 25.2 Å². The van der Waals surface area contributed by atoms with Crippen LogP contribution in [0.25, 0.3) is 0 Å². The topological polar surface area (TPSA) is 95.9 Å². The predicted molar refractivity (Wildman–Crippen MR) is 278 cm³/mol. The van der Waals surface area contributed by atoms with Crippen molar-refractivity contribution >= 4 is 11.9 Å². The van der Waals surface area contributed by atoms with E-state index in [9.17, 15) is 19.8 Å². The van der Waals surface area contributed by atoms with E-state index in [2.05, 4.69) is 62.5 Å². The number of rotatable bonds is 51. The number of carbonyl (C=O) groups excluding carboxylic acids is 2. The second-order valence-corrected chi connectivity index (χ2v) is 19.4. The molecule has 1 amide bonds. The minimum absolute atomic E-state index is 0.0681. The van der Waals surface area contributed by atoms with Gasteiger partial charge >= 0.3 is 5.97 Å². The number of aliphatic hydroxyl groups excluding tert-OH is 2. The van der Waals surface area contributed by atoms with Crippen LogP contribution in [-0.4, -0.2) is 46.9 Å². The average Bonchev–Trinajstić information content (AvgIpc) is 3.29. The van der Waals surface area contributed by atoms with Gasteiger partial charge in [0.25, 0.3) is 0 Å². The molecule has 6 heteroatoms. The number of unbranched alkanes of at least 4 members (excludes halogenated alkanes) is 35. The van der Waals surface area contributed by atoms with Crippen molar-refractivity contribution in [2.75, 3.05) is 6.61 Å². The predicted octanol–water partition coefficient (Wildman–Crippen LogP) is 17.2. The summed E-state index contributed by atoms with van der Waals surface area (Å²) < 4.78 is 5.95. The van der Waals surface area contributed by atoms with Crippen molar-refractivity contribution in [1.29, 1.82) is 0 Å². The Hall–Kier alpha value is -1.92. The molecule has 0 heterocycles. The van der Waals surface area contributed by atoms with E-state index in [-0.39, 0.29) is 24.9 Å². The van der Waals surface area contributed by atoms with Crippen LogP contribution in [0.15, 0.2) is 36.5 Å². The molecule has 0 aliphatic rings. The van der Waals surface area contributed by atoms with Crippen molar-refractivity contribution in [1.82, 2.24) is 5.32 Å². The summed E-state index contributed by atoms with van der Waals surface area (Å²) in [5.41, 5.74) is 0. The van der Waals surface area contributed by atoms with Gasteiger partial charge < -0.3 is 20.3 Å². The Kier molecular flexibility index (Phi) is 50.5. The van der Waals surface area contributed by atoms with E-state index in [1.54, 1.807) is 0 Å². The SMILES string of the molecule is CC/C=C/C=C/C=C/CCCCCCCC(CC(=O)NC(CO)C(O)CCCCCCCCCCCCCCC)OC(=O)CCCCCCCCCCCCCCCCCCCCC. The molecule has 0 fully saturated rings. The Bertz CT molecular complexity index is 1060. The highest BCUT2D eigenvalue weighted by Crippen LogP contribution is 2.19. The van der Waals surface area contributed by atoms with E-state index in [0.29, 0.717) is 19.3 Å². The van der Waals surface area contributed by atoms with Crippen LogP contribution in [0, 0.1) is 0 Å². The number of hydrogen-bond acceptors (Lipinski definition) is 5. The van der Waals surface area contributed by atoms with E-state index >= 15 is 0 Å². The summed E-state index contributed by atoms with van der Waals surface area (Å²) in [6.07, 6.45) is 62.1. The highest BCUT2D eigenvalue weighted by Gasteiger charge is 2.24. The molecule has 0 aliphatic carbocycles. The maximum Gasteiger partial charge on any atom is 0.306 e. The number of hydrogen-bond donors (Lipinski definition) is 3. The summed E-state index contributed by atoms with van der Waals surface area (Å²) in [6.45, 7) is 6.38. The van der Waals surface area contributed by atoms with Crippen LogP contribution in [0.3, 0.4) is 0 Å². The highest BCUT2D eigenvalue weighted by molar-refractivity contribution is 5.77. The van der Waals surface area contributed by atoms with Crippen LogP contribution in [0.2, 0.25) is 0 Å². The number of nitrogens with one attached hydrogen (secondary N) is 1. The number of carbonyl (C=O) groups is 2. The second kappa shape index (κ2) is 52.1. The number of ether oxygens (including phenoxy) is 1. The third-order valence-electron chi connectivity index (χ3n) is 13.0. The Labute approximate surface area is 398 Å². The molecule has 0 aromatic heterocycles. The van der Waals surface area contributed by atoms with E-state index in [4.69, 9.17) is 4.74 Å². The van der Waals surface area contributed by atoms with Crippen molar-refractivity contribution in [3.63, 3.8) is 0 Å². The van der Waals surface area contributed by atoms with Crippen molar-refractivity contribution < 1.29 is 24.5 Å². The van der Waals surface area contributed by atoms with Gasteiger partial charge in [-0.05, 0) is 44.9 Å². The largest absolute Gasteiger partial charge is 0.462 e. The quantitative estimate of drug-likeness (QED) is 0.0321. The zero-order valence-corrected chi connectivity index (χ0v) is 42.9. The number of allylic oxidation sites excluding steroid dienone is 6. The highest BCUT2D eigenvalue weighted by atomic mass is 16.5. The first-order chi connectivity index (χ1) is 31.5. The van der Waals surface area contributed by atoms with Crippen LogP contribution in [0.1, 0.15) is 297 Å². The summed E-state index contributed by atoms with van der Waals surface area (Å²) in [4.78, 5) is 26.2. The summed E-state index contributed by atoms with van der Waals surface area (Å²) >= 11 is 0. The zero-order chi connectivity index (χ0) is 46.7. The van der Waals surface area contributed by atoms with Crippen LogP contribution in [0.5, 0.6) is 0 Å². The minimum Gasteiger partial charge on any atom is -0.462 e. The summed E-state index contributed by atoms with van der Waals surface area (Å²) in [6, 6.07) is -0.705. The van der Waals surface area contributed by atoms with Crippen molar-refractivity contribution in [2.45, 2.75) is 315 Å². The summed E-state index contributed by atoms with van der Waals surface area (Å²) in [5, 5.41) is 23.8. The average molecular weight is 901 g/mol. The Morgan fingerprint density at radius 3 is 1.27 bits per heavy atom. The molecule has 0 aliphatic heterocycles. The van der Waals surface area contributed by atoms with Gasteiger partial charge in [0.2, 0.25) is 5.91 Å². The number of esters is 1. The van der Waals surface area contributed by atoms with Crippen LogP contribution < -0.4 is 5.32 Å². The van der Waals surface area contributed by atoms with Gasteiger partial charge in [-0.25, -0.2) is 0 Å². The maximum absolute atomic E-state index is 13.2.